The molecule has 2 heterocycles. The number of nitrogens with one attached hydrogen (secondary N) is 1. The van der Waals surface area contributed by atoms with E-state index in [0.717, 1.165) is 31.9 Å². The Bertz CT molecular complexity index is 708. The van der Waals surface area contributed by atoms with E-state index in [1.54, 1.807) is 6.20 Å². The average molecular weight is 354 g/mol. The molecule has 26 heavy (non-hydrogen) atoms. The zero-order chi connectivity index (χ0) is 18.2. The van der Waals surface area contributed by atoms with Crippen LogP contribution in [-0.4, -0.2) is 42.2 Å². The molecule has 1 fully saturated rings. The third-order valence-electron chi connectivity index (χ3n) is 4.43. The summed E-state index contributed by atoms with van der Waals surface area (Å²) in [5, 5.41) is 3.57. The van der Waals surface area contributed by atoms with Gasteiger partial charge < -0.3 is 15.0 Å². The number of hydrogen-bond acceptors (Lipinski definition) is 6. The van der Waals surface area contributed by atoms with Gasteiger partial charge in [-0.15, -0.1) is 0 Å². The number of rotatable bonds is 7. The van der Waals surface area contributed by atoms with E-state index in [-0.39, 0.29) is 5.97 Å². The Kier molecular flexibility index (Phi) is 6.55. The molecule has 0 saturated carbocycles. The van der Waals surface area contributed by atoms with Crippen LogP contribution in [0.1, 0.15) is 37.2 Å². The maximum Gasteiger partial charge on any atom is 0.305 e. The van der Waals surface area contributed by atoms with Gasteiger partial charge in [-0.2, -0.15) is 0 Å². The van der Waals surface area contributed by atoms with E-state index in [4.69, 9.17) is 4.74 Å². The molecule has 1 aliphatic rings. The fourth-order valence-electron chi connectivity index (χ4n) is 3.08. The van der Waals surface area contributed by atoms with Gasteiger partial charge in [-0.3, -0.25) is 4.79 Å². The highest BCUT2D eigenvalue weighted by Gasteiger charge is 2.21. The Morgan fingerprint density at radius 1 is 1.31 bits per heavy atom. The largest absolute Gasteiger partial charge is 0.465 e. The molecule has 6 heteroatoms. The number of carbonyl (C=O) groups is 1. The lowest BCUT2D eigenvalue weighted by molar-refractivity contribution is -0.143. The lowest BCUT2D eigenvalue weighted by Gasteiger charge is -2.34. The smallest absolute Gasteiger partial charge is 0.305 e. The lowest BCUT2D eigenvalue weighted by Crippen LogP contribution is -2.46. The van der Waals surface area contributed by atoms with Crippen LogP contribution < -0.4 is 10.2 Å². The molecular formula is C20H26N4O2. The molecule has 1 aromatic heterocycles. The van der Waals surface area contributed by atoms with Gasteiger partial charge in [0.25, 0.3) is 0 Å². The second kappa shape index (κ2) is 9.29. The van der Waals surface area contributed by atoms with Gasteiger partial charge in [0.1, 0.15) is 11.6 Å². The number of esters is 1. The van der Waals surface area contributed by atoms with Crippen LogP contribution in [0.5, 0.6) is 0 Å². The van der Waals surface area contributed by atoms with Crippen LogP contribution in [0, 0.1) is 0 Å². The molecule has 0 bridgehead atoms. The second-order valence-electron chi connectivity index (χ2n) is 6.41. The van der Waals surface area contributed by atoms with Gasteiger partial charge in [0.15, 0.2) is 0 Å². The van der Waals surface area contributed by atoms with E-state index in [0.29, 0.717) is 31.3 Å². The fraction of sp³-hybridized carbons (Fsp3) is 0.450. The predicted molar refractivity (Wildman–Crippen MR) is 101 cm³/mol. The molecule has 1 aliphatic heterocycles. The summed E-state index contributed by atoms with van der Waals surface area (Å²) in [6, 6.07) is 12.7. The van der Waals surface area contributed by atoms with Crippen LogP contribution in [0.25, 0.3) is 0 Å². The molecule has 1 atom stereocenters. The first-order valence-electron chi connectivity index (χ1n) is 9.27. The molecule has 0 aliphatic carbocycles. The van der Waals surface area contributed by atoms with Gasteiger partial charge in [-0.05, 0) is 18.1 Å². The van der Waals surface area contributed by atoms with Gasteiger partial charge in [-0.25, -0.2) is 9.97 Å². The summed E-state index contributed by atoms with van der Waals surface area (Å²) in [6.45, 7) is 4.98. The van der Waals surface area contributed by atoms with Gasteiger partial charge in [0.2, 0.25) is 0 Å². The summed E-state index contributed by atoms with van der Waals surface area (Å²) < 4.78 is 5.20. The van der Waals surface area contributed by atoms with E-state index in [1.165, 1.54) is 5.56 Å². The van der Waals surface area contributed by atoms with Crippen LogP contribution in [0.4, 0.5) is 5.82 Å². The summed E-state index contributed by atoms with van der Waals surface area (Å²) in [5.41, 5.74) is 1.29. The first kappa shape index (κ1) is 18.3. The number of ether oxygens (including phenoxy) is 1. The zero-order valence-electron chi connectivity index (χ0n) is 15.2. The Hall–Kier alpha value is -2.47. The number of aromatic nitrogens is 2. The van der Waals surface area contributed by atoms with Crippen molar-refractivity contribution < 1.29 is 9.53 Å². The third kappa shape index (κ3) is 5.02. The minimum Gasteiger partial charge on any atom is -0.465 e. The number of nitrogens with zero attached hydrogens (tertiary/aromatic N) is 3. The molecule has 1 aromatic carbocycles. The summed E-state index contributed by atoms with van der Waals surface area (Å²) in [7, 11) is 0. The number of piperazine rings is 1. The van der Waals surface area contributed by atoms with Crippen molar-refractivity contribution in [2.24, 2.45) is 0 Å². The van der Waals surface area contributed by atoms with Crippen molar-refractivity contribution in [3.8, 4) is 0 Å². The molecule has 2 aromatic rings. The van der Waals surface area contributed by atoms with Crippen molar-refractivity contribution in [3.05, 3.63) is 54.0 Å². The van der Waals surface area contributed by atoms with Crippen molar-refractivity contribution in [3.63, 3.8) is 0 Å². The molecule has 0 unspecified atom stereocenters. The number of carbonyl (C=O) groups excluding carboxylic acids is 1. The highest BCUT2D eigenvalue weighted by molar-refractivity contribution is 5.69. The van der Waals surface area contributed by atoms with Gasteiger partial charge >= 0.3 is 5.97 Å². The van der Waals surface area contributed by atoms with E-state index < -0.39 is 0 Å². The third-order valence-corrected chi connectivity index (χ3v) is 4.43. The predicted octanol–water partition coefficient (Wildman–Crippen LogP) is 2.51. The van der Waals surface area contributed by atoms with Crippen LogP contribution in [0.15, 0.2) is 42.6 Å². The fourth-order valence-corrected chi connectivity index (χ4v) is 3.08. The summed E-state index contributed by atoms with van der Waals surface area (Å²) >= 11 is 0. The average Bonchev–Trinajstić information content (AvgIpc) is 2.69. The standard InChI is InChI=1S/C20H26N4O2/c1-2-6-20(25)26-14-10-18-22-11-9-19(23-18)24-13-12-21-17(15-24)16-7-4-3-5-8-16/h3-5,7-9,11,17,21H,2,6,10,12-15H2,1H3/t17-/m0/s1. The van der Waals surface area contributed by atoms with Crippen LogP contribution in [0.2, 0.25) is 0 Å². The molecule has 1 saturated heterocycles. The van der Waals surface area contributed by atoms with Crippen molar-refractivity contribution in [2.75, 3.05) is 31.1 Å². The molecule has 6 nitrogen and oxygen atoms in total. The van der Waals surface area contributed by atoms with Crippen molar-refractivity contribution in [1.82, 2.24) is 15.3 Å². The molecule has 1 N–H and O–H groups in total. The summed E-state index contributed by atoms with van der Waals surface area (Å²) in [4.78, 5) is 22.7. The van der Waals surface area contributed by atoms with E-state index in [9.17, 15) is 4.79 Å². The number of hydrogen-bond donors (Lipinski definition) is 1. The quantitative estimate of drug-likeness (QED) is 0.771. The minimum atomic E-state index is -0.156. The molecule has 0 spiro atoms. The summed E-state index contributed by atoms with van der Waals surface area (Å²) in [5.74, 6) is 1.48. The van der Waals surface area contributed by atoms with Crippen LogP contribution >= 0.6 is 0 Å². The summed E-state index contributed by atoms with van der Waals surface area (Å²) in [6.07, 6.45) is 3.58. The van der Waals surface area contributed by atoms with Crippen LogP contribution in [-0.2, 0) is 16.0 Å². The zero-order valence-corrected chi connectivity index (χ0v) is 15.2. The van der Waals surface area contributed by atoms with Gasteiger partial charge in [0.05, 0.1) is 6.61 Å². The highest BCUT2D eigenvalue weighted by atomic mass is 16.5. The van der Waals surface area contributed by atoms with Crippen LogP contribution in [0.3, 0.4) is 0 Å². The molecule has 138 valence electrons. The number of anilines is 1. The Morgan fingerprint density at radius 2 is 2.15 bits per heavy atom. The van der Waals surface area contributed by atoms with Crippen molar-refractivity contribution in [2.45, 2.75) is 32.2 Å². The normalized spacial score (nSPS) is 17.1. The van der Waals surface area contributed by atoms with E-state index >= 15 is 0 Å². The van der Waals surface area contributed by atoms with E-state index in [1.807, 2.05) is 19.1 Å². The topological polar surface area (TPSA) is 67.3 Å². The van der Waals surface area contributed by atoms with Crippen molar-refractivity contribution >= 4 is 11.8 Å². The monoisotopic (exact) mass is 354 g/mol. The van der Waals surface area contributed by atoms with E-state index in [2.05, 4.69) is 44.5 Å². The Balaban J connectivity index is 1.59. The maximum absolute atomic E-state index is 11.4. The lowest BCUT2D eigenvalue weighted by atomic mass is 10.0. The number of benzene rings is 1. The van der Waals surface area contributed by atoms with Gasteiger partial charge in [0, 0.05) is 44.7 Å². The highest BCUT2D eigenvalue weighted by Crippen LogP contribution is 2.21. The SMILES string of the molecule is CCCC(=O)OCCc1nccc(N2CCN[C@H](c3ccccc3)C2)n1. The first-order valence-corrected chi connectivity index (χ1v) is 9.27. The first-order chi connectivity index (χ1) is 12.8. The second-order valence-corrected chi connectivity index (χ2v) is 6.41. The Labute approximate surface area is 154 Å². The Morgan fingerprint density at radius 3 is 2.96 bits per heavy atom. The molecule has 0 amide bonds. The minimum absolute atomic E-state index is 0.156. The molecule has 0 radical (unpaired) electrons. The molecular weight excluding hydrogens is 328 g/mol. The van der Waals surface area contributed by atoms with Gasteiger partial charge in [-0.1, -0.05) is 37.3 Å². The molecule has 3 rings (SSSR count). The maximum atomic E-state index is 11.4. The van der Waals surface area contributed by atoms with Crippen molar-refractivity contribution in [1.29, 1.82) is 0 Å².